The molecule has 214 valence electrons. The summed E-state index contributed by atoms with van der Waals surface area (Å²) in [6, 6.07) is 11.2. The highest BCUT2D eigenvalue weighted by atomic mass is 19.3. The molecule has 0 N–H and O–H groups in total. The van der Waals surface area contributed by atoms with Crippen LogP contribution in [0.15, 0.2) is 73.0 Å². The first kappa shape index (κ1) is 29.2. The monoisotopic (exact) mass is 572 g/mol. The van der Waals surface area contributed by atoms with Crippen LogP contribution in [0.3, 0.4) is 0 Å². The van der Waals surface area contributed by atoms with Crippen molar-refractivity contribution in [2.24, 2.45) is 11.8 Å². The highest BCUT2D eigenvalue weighted by Gasteiger charge is 2.43. The minimum Gasteiger partial charge on any atom is -0.453 e. The van der Waals surface area contributed by atoms with Gasteiger partial charge in [0.2, 0.25) is 0 Å². The van der Waals surface area contributed by atoms with E-state index in [1.54, 1.807) is 0 Å². The highest BCUT2D eigenvalue weighted by molar-refractivity contribution is 5.64. The van der Waals surface area contributed by atoms with Crippen molar-refractivity contribution in [2.45, 2.75) is 44.8 Å². The second-order valence-corrected chi connectivity index (χ2v) is 9.58. The van der Waals surface area contributed by atoms with E-state index in [4.69, 9.17) is 4.74 Å². The van der Waals surface area contributed by atoms with Crippen LogP contribution in [-0.4, -0.2) is 6.11 Å². The zero-order valence-corrected chi connectivity index (χ0v) is 21.1. The molecule has 40 heavy (non-hydrogen) atoms. The number of hydrogen-bond donors (Lipinski definition) is 0. The molecule has 0 unspecified atom stereocenters. The molecule has 0 heterocycles. The molecule has 0 aromatic heterocycles. The molecule has 0 aliphatic heterocycles. The summed E-state index contributed by atoms with van der Waals surface area (Å²) in [5.74, 6) is -5.64. The van der Waals surface area contributed by atoms with Gasteiger partial charge in [0.15, 0.2) is 23.6 Å². The fourth-order valence-corrected chi connectivity index (χ4v) is 4.43. The Balaban J connectivity index is 1.42. The Bertz CT molecular complexity index is 1310. The van der Waals surface area contributed by atoms with Gasteiger partial charge in [-0.2, -0.15) is 26.3 Å². The van der Waals surface area contributed by atoms with E-state index in [1.165, 1.54) is 36.4 Å². The number of hydrogen-bond acceptors (Lipinski definition) is 3. The summed E-state index contributed by atoms with van der Waals surface area (Å²) in [6.45, 7) is 2.03. The van der Waals surface area contributed by atoms with E-state index in [9.17, 15) is 35.1 Å². The Morgan fingerprint density at radius 1 is 0.750 bits per heavy atom. The summed E-state index contributed by atoms with van der Waals surface area (Å²) >= 11 is 0. The van der Waals surface area contributed by atoms with Crippen molar-refractivity contribution in [3.8, 4) is 28.4 Å². The fraction of sp³-hybridized carbons (Fsp3) is 0.310. The maximum atomic E-state index is 14.7. The van der Waals surface area contributed by atoms with Gasteiger partial charge < -0.3 is 14.2 Å². The van der Waals surface area contributed by atoms with Crippen molar-refractivity contribution >= 4 is 0 Å². The topological polar surface area (TPSA) is 27.7 Å². The zero-order chi connectivity index (χ0) is 29.1. The lowest BCUT2D eigenvalue weighted by molar-refractivity contribution is -0.223. The van der Waals surface area contributed by atoms with E-state index in [0.29, 0.717) is 42.0 Å². The van der Waals surface area contributed by atoms with Crippen LogP contribution in [0.4, 0.5) is 35.1 Å². The minimum absolute atomic E-state index is 0.0225. The molecule has 4 rings (SSSR count). The third-order valence-corrected chi connectivity index (χ3v) is 6.64. The SMILES string of the molecule is CC1CCC(C(F)(F)Oc2ccc(-c3ccc(C(F)(F)Oc4cc(F)c(OC=C(F)F)c(F)c4)cc3)cc2)CC1. The standard InChI is InChI=1S/C29H24F8O3/c1-17-2-8-20(9-3-17)28(34,35)39-22-12-6-19(7-13-22)18-4-10-21(11-5-18)29(36,37)40-23-14-24(30)27(25(31)15-23)38-16-26(32)33/h4-7,10-17,20H,2-3,8-9H2,1H3. The van der Waals surface area contributed by atoms with Crippen LogP contribution in [0.2, 0.25) is 0 Å². The highest BCUT2D eigenvalue weighted by Crippen LogP contribution is 2.40. The second kappa shape index (κ2) is 11.8. The number of ether oxygens (including phenoxy) is 3. The third-order valence-electron chi connectivity index (χ3n) is 6.64. The van der Waals surface area contributed by atoms with Gasteiger partial charge in [-0.3, -0.25) is 0 Å². The van der Waals surface area contributed by atoms with E-state index in [2.05, 4.69) is 9.47 Å². The van der Waals surface area contributed by atoms with Crippen molar-refractivity contribution in [2.75, 3.05) is 0 Å². The molecule has 0 amide bonds. The lowest BCUT2D eigenvalue weighted by atomic mass is 9.82. The lowest BCUT2D eigenvalue weighted by Gasteiger charge is -2.32. The summed E-state index contributed by atoms with van der Waals surface area (Å²) in [5, 5.41) is 0. The van der Waals surface area contributed by atoms with Crippen LogP contribution in [0.25, 0.3) is 11.1 Å². The quantitative estimate of drug-likeness (QED) is 0.189. The maximum absolute atomic E-state index is 14.7. The predicted octanol–water partition coefficient (Wildman–Crippen LogP) is 9.67. The molecule has 3 aromatic rings. The molecule has 1 saturated carbocycles. The van der Waals surface area contributed by atoms with Gasteiger partial charge in [0, 0.05) is 12.1 Å². The Morgan fingerprint density at radius 3 is 1.80 bits per heavy atom. The summed E-state index contributed by atoms with van der Waals surface area (Å²) in [6.07, 6.45) is -7.68. The molecule has 0 saturated heterocycles. The van der Waals surface area contributed by atoms with E-state index in [1.807, 2.05) is 6.92 Å². The van der Waals surface area contributed by atoms with Gasteiger partial charge in [0.05, 0.1) is 11.5 Å². The Labute approximate surface area is 225 Å². The van der Waals surface area contributed by atoms with Gasteiger partial charge in [0.1, 0.15) is 11.5 Å². The smallest absolute Gasteiger partial charge is 0.426 e. The van der Waals surface area contributed by atoms with E-state index in [-0.39, 0.29) is 12.0 Å². The largest absolute Gasteiger partial charge is 0.453 e. The molecular weight excluding hydrogens is 548 g/mol. The first-order valence-electron chi connectivity index (χ1n) is 12.4. The Kier molecular flexibility index (Phi) is 8.60. The molecule has 0 radical (unpaired) electrons. The first-order valence-corrected chi connectivity index (χ1v) is 12.4. The van der Waals surface area contributed by atoms with Crippen molar-refractivity contribution in [3.05, 3.63) is 90.2 Å². The molecule has 0 bridgehead atoms. The Hall–Kier alpha value is -3.76. The van der Waals surface area contributed by atoms with Crippen LogP contribution in [0, 0.1) is 23.5 Å². The molecule has 3 nitrogen and oxygen atoms in total. The predicted molar refractivity (Wildman–Crippen MR) is 130 cm³/mol. The lowest BCUT2D eigenvalue weighted by Crippen LogP contribution is -2.36. The zero-order valence-electron chi connectivity index (χ0n) is 21.1. The summed E-state index contributed by atoms with van der Waals surface area (Å²) in [4.78, 5) is 0. The van der Waals surface area contributed by atoms with Gasteiger partial charge in [-0.25, -0.2) is 8.78 Å². The summed E-state index contributed by atoms with van der Waals surface area (Å²) in [7, 11) is 0. The van der Waals surface area contributed by atoms with E-state index < -0.39 is 52.9 Å². The molecule has 3 aromatic carbocycles. The average molecular weight is 572 g/mol. The van der Waals surface area contributed by atoms with Crippen molar-refractivity contribution in [1.82, 2.24) is 0 Å². The third kappa shape index (κ3) is 7.05. The van der Waals surface area contributed by atoms with Crippen LogP contribution >= 0.6 is 0 Å². The maximum Gasteiger partial charge on any atom is 0.426 e. The molecule has 11 heteroatoms. The average Bonchev–Trinajstić information content (AvgIpc) is 2.88. The van der Waals surface area contributed by atoms with Gasteiger partial charge in [-0.1, -0.05) is 44.0 Å². The van der Waals surface area contributed by atoms with Crippen LogP contribution < -0.4 is 14.2 Å². The molecular formula is C29H24F8O3. The van der Waals surface area contributed by atoms with Crippen molar-refractivity contribution in [3.63, 3.8) is 0 Å². The molecule has 0 atom stereocenters. The van der Waals surface area contributed by atoms with Crippen LogP contribution in [0.1, 0.15) is 38.2 Å². The van der Waals surface area contributed by atoms with Gasteiger partial charge in [-0.15, -0.1) is 0 Å². The number of alkyl halides is 4. The molecule has 0 spiro atoms. The number of halogens is 8. The van der Waals surface area contributed by atoms with Crippen LogP contribution in [-0.2, 0) is 6.11 Å². The van der Waals surface area contributed by atoms with Gasteiger partial charge >= 0.3 is 18.3 Å². The molecule has 1 fully saturated rings. The van der Waals surface area contributed by atoms with E-state index in [0.717, 1.165) is 25.0 Å². The van der Waals surface area contributed by atoms with E-state index >= 15 is 0 Å². The molecule has 1 aliphatic rings. The summed E-state index contributed by atoms with van der Waals surface area (Å²) < 4.78 is 124. The fourth-order valence-electron chi connectivity index (χ4n) is 4.43. The van der Waals surface area contributed by atoms with Crippen molar-refractivity contribution < 1.29 is 49.3 Å². The minimum atomic E-state index is -4.02. The normalized spacial score (nSPS) is 17.7. The molecule has 1 aliphatic carbocycles. The van der Waals surface area contributed by atoms with Crippen molar-refractivity contribution in [1.29, 1.82) is 0 Å². The summed E-state index contributed by atoms with van der Waals surface area (Å²) in [5.41, 5.74) is 0.364. The number of benzene rings is 3. The van der Waals surface area contributed by atoms with Crippen LogP contribution in [0.5, 0.6) is 17.2 Å². The first-order chi connectivity index (χ1) is 18.8. The number of rotatable bonds is 9. The second-order valence-electron chi connectivity index (χ2n) is 9.58. The van der Waals surface area contributed by atoms with Gasteiger partial charge in [0.25, 0.3) is 0 Å². The Morgan fingerprint density at radius 2 is 1.27 bits per heavy atom. The van der Waals surface area contributed by atoms with Gasteiger partial charge in [-0.05, 0) is 54.2 Å².